The van der Waals surface area contributed by atoms with E-state index in [-0.39, 0.29) is 0 Å². The van der Waals surface area contributed by atoms with Crippen molar-refractivity contribution < 1.29 is 4.74 Å². The van der Waals surface area contributed by atoms with Gasteiger partial charge in [0.25, 0.3) is 0 Å². The molecule has 5 nitrogen and oxygen atoms in total. The molecule has 20 heavy (non-hydrogen) atoms. The van der Waals surface area contributed by atoms with Crippen LogP contribution in [0.4, 0.5) is 0 Å². The quantitative estimate of drug-likeness (QED) is 0.842. The average molecular weight is 274 g/mol. The van der Waals surface area contributed by atoms with Crippen LogP contribution in [0.3, 0.4) is 0 Å². The molecule has 1 heterocycles. The molecule has 1 N–H and O–H groups in total. The summed E-state index contributed by atoms with van der Waals surface area (Å²) in [6.07, 6.45) is 2.70. The minimum absolute atomic E-state index is 0.315. The molecule has 0 spiro atoms. The van der Waals surface area contributed by atoms with E-state index in [0.717, 1.165) is 24.5 Å². The SMILES string of the molecule is CCNC(CC)c1ccccc1OCc1nncn1C. The number of para-hydroxylation sites is 1. The number of nitrogens with zero attached hydrogens (tertiary/aromatic N) is 3. The largest absolute Gasteiger partial charge is 0.485 e. The number of nitrogens with one attached hydrogen (secondary N) is 1. The molecule has 1 unspecified atom stereocenters. The van der Waals surface area contributed by atoms with Gasteiger partial charge in [0.2, 0.25) is 0 Å². The van der Waals surface area contributed by atoms with E-state index >= 15 is 0 Å². The molecule has 0 aliphatic carbocycles. The number of aromatic nitrogens is 3. The van der Waals surface area contributed by atoms with Crippen molar-refractivity contribution in [2.24, 2.45) is 7.05 Å². The van der Waals surface area contributed by atoms with E-state index in [1.807, 2.05) is 29.8 Å². The van der Waals surface area contributed by atoms with Gasteiger partial charge in [-0.2, -0.15) is 0 Å². The van der Waals surface area contributed by atoms with Gasteiger partial charge in [-0.1, -0.05) is 32.0 Å². The summed E-state index contributed by atoms with van der Waals surface area (Å²) >= 11 is 0. The Labute approximate surface area is 120 Å². The molecule has 0 aliphatic rings. The van der Waals surface area contributed by atoms with Gasteiger partial charge >= 0.3 is 0 Å². The molecular weight excluding hydrogens is 252 g/mol. The molecule has 0 saturated carbocycles. The summed E-state index contributed by atoms with van der Waals surface area (Å²) < 4.78 is 7.79. The van der Waals surface area contributed by atoms with Crippen molar-refractivity contribution in [2.45, 2.75) is 32.9 Å². The second kappa shape index (κ2) is 7.05. The van der Waals surface area contributed by atoms with Gasteiger partial charge in [-0.05, 0) is 19.0 Å². The van der Waals surface area contributed by atoms with Gasteiger partial charge in [0.05, 0.1) is 0 Å². The van der Waals surface area contributed by atoms with Gasteiger partial charge in [-0.15, -0.1) is 10.2 Å². The molecule has 108 valence electrons. The summed E-state index contributed by atoms with van der Waals surface area (Å²) in [5, 5.41) is 11.4. The molecule has 0 radical (unpaired) electrons. The van der Waals surface area contributed by atoms with Crippen molar-refractivity contribution in [3.63, 3.8) is 0 Å². The highest BCUT2D eigenvalue weighted by Crippen LogP contribution is 2.27. The predicted octanol–water partition coefficient (Wildman–Crippen LogP) is 2.45. The molecular formula is C15H22N4O. The fourth-order valence-corrected chi connectivity index (χ4v) is 2.20. The maximum absolute atomic E-state index is 5.93. The number of aryl methyl sites for hydroxylation is 1. The van der Waals surface area contributed by atoms with Crippen molar-refractivity contribution in [2.75, 3.05) is 6.54 Å². The monoisotopic (exact) mass is 274 g/mol. The molecule has 5 heteroatoms. The lowest BCUT2D eigenvalue weighted by Gasteiger charge is -2.19. The Morgan fingerprint density at radius 2 is 2.10 bits per heavy atom. The molecule has 1 aromatic carbocycles. The maximum Gasteiger partial charge on any atom is 0.170 e. The molecule has 0 fully saturated rings. The van der Waals surface area contributed by atoms with Gasteiger partial charge in [0.1, 0.15) is 18.7 Å². The van der Waals surface area contributed by atoms with Crippen LogP contribution in [0, 0.1) is 0 Å². The zero-order chi connectivity index (χ0) is 14.4. The van der Waals surface area contributed by atoms with E-state index in [0.29, 0.717) is 12.6 Å². The predicted molar refractivity (Wildman–Crippen MR) is 78.5 cm³/mol. The fourth-order valence-electron chi connectivity index (χ4n) is 2.20. The van der Waals surface area contributed by atoms with Crippen LogP contribution in [-0.4, -0.2) is 21.3 Å². The Bertz CT molecular complexity index is 538. The normalized spacial score (nSPS) is 12.3. The first-order chi connectivity index (χ1) is 9.76. The van der Waals surface area contributed by atoms with E-state index in [1.165, 1.54) is 5.56 Å². The van der Waals surface area contributed by atoms with Crippen LogP contribution in [0.5, 0.6) is 5.75 Å². The smallest absolute Gasteiger partial charge is 0.170 e. The van der Waals surface area contributed by atoms with Crippen LogP contribution in [0.1, 0.15) is 37.7 Å². The van der Waals surface area contributed by atoms with E-state index < -0.39 is 0 Å². The van der Waals surface area contributed by atoms with Crippen molar-refractivity contribution >= 4 is 0 Å². The lowest BCUT2D eigenvalue weighted by molar-refractivity contribution is 0.284. The molecule has 1 aromatic heterocycles. The van der Waals surface area contributed by atoms with Crippen LogP contribution in [0.15, 0.2) is 30.6 Å². The summed E-state index contributed by atoms with van der Waals surface area (Å²) in [4.78, 5) is 0. The first-order valence-electron chi connectivity index (χ1n) is 7.04. The zero-order valence-corrected chi connectivity index (χ0v) is 12.3. The summed E-state index contributed by atoms with van der Waals surface area (Å²) in [6, 6.07) is 8.48. The molecule has 0 amide bonds. The van der Waals surface area contributed by atoms with Crippen molar-refractivity contribution in [3.05, 3.63) is 42.0 Å². The van der Waals surface area contributed by atoms with Crippen LogP contribution < -0.4 is 10.1 Å². The zero-order valence-electron chi connectivity index (χ0n) is 12.3. The Kier molecular flexibility index (Phi) is 5.12. The van der Waals surface area contributed by atoms with Crippen molar-refractivity contribution in [1.82, 2.24) is 20.1 Å². The third-order valence-electron chi connectivity index (χ3n) is 3.32. The Hall–Kier alpha value is -1.88. The second-order valence-corrected chi connectivity index (χ2v) is 4.70. The van der Waals surface area contributed by atoms with Crippen LogP contribution >= 0.6 is 0 Å². The van der Waals surface area contributed by atoms with Crippen LogP contribution in [-0.2, 0) is 13.7 Å². The standard InChI is InChI=1S/C15H22N4O/c1-4-13(16-5-2)12-8-6-7-9-14(12)20-10-15-18-17-11-19(15)3/h6-9,11,13,16H,4-5,10H2,1-3H3. The Morgan fingerprint density at radius 1 is 1.30 bits per heavy atom. The lowest BCUT2D eigenvalue weighted by Crippen LogP contribution is -2.20. The molecule has 2 aromatic rings. The molecule has 0 saturated heterocycles. The number of ether oxygens (including phenoxy) is 1. The minimum atomic E-state index is 0.315. The molecule has 1 atom stereocenters. The first-order valence-corrected chi connectivity index (χ1v) is 7.04. The van der Waals surface area contributed by atoms with Crippen molar-refractivity contribution in [1.29, 1.82) is 0 Å². The van der Waals surface area contributed by atoms with E-state index in [2.05, 4.69) is 35.4 Å². The van der Waals surface area contributed by atoms with Gasteiger partial charge in [0, 0.05) is 18.7 Å². The van der Waals surface area contributed by atoms with E-state index in [1.54, 1.807) is 6.33 Å². The number of rotatable bonds is 7. The third kappa shape index (κ3) is 3.36. The first kappa shape index (κ1) is 14.5. The van der Waals surface area contributed by atoms with E-state index in [4.69, 9.17) is 4.74 Å². The van der Waals surface area contributed by atoms with Gasteiger partial charge in [-0.3, -0.25) is 0 Å². The summed E-state index contributed by atoms with van der Waals surface area (Å²) in [7, 11) is 1.91. The van der Waals surface area contributed by atoms with Crippen LogP contribution in [0.25, 0.3) is 0 Å². The lowest BCUT2D eigenvalue weighted by atomic mass is 10.0. The van der Waals surface area contributed by atoms with Crippen molar-refractivity contribution in [3.8, 4) is 5.75 Å². The maximum atomic E-state index is 5.93. The average Bonchev–Trinajstić information content (AvgIpc) is 2.88. The minimum Gasteiger partial charge on any atom is -0.485 e. The topological polar surface area (TPSA) is 52.0 Å². The highest BCUT2D eigenvalue weighted by Gasteiger charge is 2.13. The van der Waals surface area contributed by atoms with E-state index in [9.17, 15) is 0 Å². The van der Waals surface area contributed by atoms with Crippen LogP contribution in [0.2, 0.25) is 0 Å². The van der Waals surface area contributed by atoms with Gasteiger partial charge in [-0.25, -0.2) is 0 Å². The molecule has 2 rings (SSSR count). The molecule has 0 aliphatic heterocycles. The highest BCUT2D eigenvalue weighted by atomic mass is 16.5. The summed E-state index contributed by atoms with van der Waals surface area (Å²) in [5.74, 6) is 1.72. The van der Waals surface area contributed by atoms with Gasteiger partial charge < -0.3 is 14.6 Å². The number of benzene rings is 1. The number of hydrogen-bond donors (Lipinski definition) is 1. The Morgan fingerprint density at radius 3 is 2.75 bits per heavy atom. The molecule has 0 bridgehead atoms. The fraction of sp³-hybridized carbons (Fsp3) is 0.467. The Balaban J connectivity index is 2.13. The number of hydrogen-bond acceptors (Lipinski definition) is 4. The summed E-state index contributed by atoms with van der Waals surface area (Å²) in [5.41, 5.74) is 1.19. The van der Waals surface area contributed by atoms with Gasteiger partial charge in [0.15, 0.2) is 5.82 Å². The summed E-state index contributed by atoms with van der Waals surface area (Å²) in [6.45, 7) is 5.66. The highest BCUT2D eigenvalue weighted by molar-refractivity contribution is 5.36. The third-order valence-corrected chi connectivity index (χ3v) is 3.32. The second-order valence-electron chi connectivity index (χ2n) is 4.70.